The van der Waals surface area contributed by atoms with E-state index in [1.807, 2.05) is 59.5 Å². The first-order chi connectivity index (χ1) is 16.7. The van der Waals surface area contributed by atoms with Crippen molar-refractivity contribution in [1.29, 1.82) is 0 Å². The van der Waals surface area contributed by atoms with Crippen LogP contribution in [0.2, 0.25) is 0 Å². The molecule has 1 aliphatic heterocycles. The first-order valence-corrected chi connectivity index (χ1v) is 11.2. The number of benzene rings is 2. The number of carbonyl (C=O) groups excluding carboxylic acids is 1. The number of rotatable bonds is 5. The van der Waals surface area contributed by atoms with Gasteiger partial charge in [0.1, 0.15) is 11.3 Å². The van der Waals surface area contributed by atoms with Gasteiger partial charge in [0.2, 0.25) is 0 Å². The molecule has 0 bridgehead atoms. The van der Waals surface area contributed by atoms with Crippen molar-refractivity contribution in [2.24, 2.45) is 0 Å². The van der Waals surface area contributed by atoms with Crippen LogP contribution in [0.5, 0.6) is 5.75 Å². The minimum absolute atomic E-state index is 0.0748. The summed E-state index contributed by atoms with van der Waals surface area (Å²) in [4.78, 5) is 39.4. The third-order valence-electron chi connectivity index (χ3n) is 6.07. The topological polar surface area (TPSA) is 80.6 Å². The molecule has 1 fully saturated rings. The van der Waals surface area contributed by atoms with Gasteiger partial charge >= 0.3 is 0 Å². The average molecular weight is 456 g/mol. The third kappa shape index (κ3) is 4.10. The van der Waals surface area contributed by atoms with Gasteiger partial charge in [-0.1, -0.05) is 42.5 Å². The monoisotopic (exact) mass is 455 g/mol. The summed E-state index contributed by atoms with van der Waals surface area (Å²) in [5.74, 6) is 0.873. The van der Waals surface area contributed by atoms with E-state index in [-0.39, 0.29) is 11.5 Å². The second kappa shape index (κ2) is 9.35. The van der Waals surface area contributed by atoms with Crippen LogP contribution in [0.3, 0.4) is 0 Å². The van der Waals surface area contributed by atoms with Crippen LogP contribution in [-0.2, 0) is 6.54 Å². The molecule has 172 valence electrons. The van der Waals surface area contributed by atoms with Crippen LogP contribution >= 0.6 is 0 Å². The first kappa shape index (κ1) is 21.6. The number of aromatic nitrogens is 3. The van der Waals surface area contributed by atoms with Crippen molar-refractivity contribution in [2.45, 2.75) is 6.54 Å². The van der Waals surface area contributed by atoms with Gasteiger partial charge in [0.15, 0.2) is 11.5 Å². The molecule has 8 nitrogen and oxygen atoms in total. The number of pyridine rings is 1. The Balaban J connectivity index is 1.42. The molecule has 0 radical (unpaired) electrons. The second-order valence-electron chi connectivity index (χ2n) is 8.14. The molecule has 1 aliphatic rings. The average Bonchev–Trinajstić information content (AvgIpc) is 2.90. The van der Waals surface area contributed by atoms with Crippen LogP contribution in [-0.4, -0.2) is 58.6 Å². The quantitative estimate of drug-likeness (QED) is 0.460. The fourth-order valence-electron chi connectivity index (χ4n) is 4.29. The number of ether oxygens (including phenoxy) is 1. The number of piperazine rings is 1. The zero-order valence-electron chi connectivity index (χ0n) is 18.9. The van der Waals surface area contributed by atoms with Crippen LogP contribution in [0, 0.1) is 0 Å². The molecule has 0 saturated carbocycles. The fraction of sp³-hybridized carbons (Fsp3) is 0.231. The van der Waals surface area contributed by atoms with Crippen LogP contribution in [0.4, 0.5) is 5.82 Å². The predicted octanol–water partition coefficient (Wildman–Crippen LogP) is 2.81. The molecule has 5 rings (SSSR count). The minimum Gasteiger partial charge on any atom is -0.496 e. The summed E-state index contributed by atoms with van der Waals surface area (Å²) >= 11 is 0. The molecule has 1 amide bonds. The zero-order chi connectivity index (χ0) is 23.5. The Labute approximate surface area is 197 Å². The van der Waals surface area contributed by atoms with Crippen LogP contribution in [0.25, 0.3) is 11.2 Å². The Hall–Kier alpha value is -4.20. The van der Waals surface area contributed by atoms with E-state index in [2.05, 4.69) is 9.97 Å². The Morgan fingerprint density at radius 2 is 1.68 bits per heavy atom. The normalized spacial score (nSPS) is 13.8. The SMILES string of the molecule is COc1ccccc1C(=O)N1CCN(c2nc3cccnc3n(Cc3ccccc3)c2=O)CC1. The van der Waals surface area contributed by atoms with Crippen molar-refractivity contribution >= 4 is 22.9 Å². The van der Waals surface area contributed by atoms with Gasteiger partial charge in [0.25, 0.3) is 11.5 Å². The van der Waals surface area contributed by atoms with Gasteiger partial charge in [-0.25, -0.2) is 9.97 Å². The molecule has 0 spiro atoms. The van der Waals surface area contributed by atoms with E-state index >= 15 is 0 Å². The van der Waals surface area contributed by atoms with Crippen molar-refractivity contribution in [2.75, 3.05) is 38.2 Å². The molecule has 0 unspecified atom stereocenters. The lowest BCUT2D eigenvalue weighted by molar-refractivity contribution is 0.0743. The summed E-state index contributed by atoms with van der Waals surface area (Å²) in [6.45, 7) is 2.42. The summed E-state index contributed by atoms with van der Waals surface area (Å²) < 4.78 is 7.03. The number of para-hydroxylation sites is 1. The maximum absolute atomic E-state index is 13.5. The summed E-state index contributed by atoms with van der Waals surface area (Å²) in [5, 5.41) is 0. The number of hydrogen-bond acceptors (Lipinski definition) is 6. The second-order valence-corrected chi connectivity index (χ2v) is 8.14. The molecule has 1 saturated heterocycles. The van der Waals surface area contributed by atoms with Gasteiger partial charge < -0.3 is 14.5 Å². The molecular weight excluding hydrogens is 430 g/mol. The van der Waals surface area contributed by atoms with Gasteiger partial charge in [-0.05, 0) is 29.8 Å². The van der Waals surface area contributed by atoms with Gasteiger partial charge in [0, 0.05) is 32.4 Å². The minimum atomic E-state index is -0.181. The van der Waals surface area contributed by atoms with E-state index < -0.39 is 0 Å². The highest BCUT2D eigenvalue weighted by Gasteiger charge is 2.27. The van der Waals surface area contributed by atoms with Gasteiger partial charge in [0.05, 0.1) is 19.2 Å². The molecular formula is C26H25N5O3. The molecule has 4 aromatic rings. The molecule has 0 aliphatic carbocycles. The molecule has 8 heteroatoms. The van der Waals surface area contributed by atoms with Crippen LogP contribution in [0.1, 0.15) is 15.9 Å². The van der Waals surface area contributed by atoms with E-state index in [1.54, 1.807) is 34.9 Å². The van der Waals surface area contributed by atoms with Gasteiger partial charge in [-0.3, -0.25) is 14.2 Å². The van der Waals surface area contributed by atoms with Gasteiger partial charge in [-0.2, -0.15) is 0 Å². The smallest absolute Gasteiger partial charge is 0.295 e. The predicted molar refractivity (Wildman–Crippen MR) is 130 cm³/mol. The Morgan fingerprint density at radius 1 is 0.941 bits per heavy atom. The highest BCUT2D eigenvalue weighted by atomic mass is 16.5. The summed E-state index contributed by atoms with van der Waals surface area (Å²) in [5.41, 5.74) is 2.60. The number of methoxy groups -OCH3 is 1. The van der Waals surface area contributed by atoms with Crippen molar-refractivity contribution in [3.05, 3.63) is 94.4 Å². The van der Waals surface area contributed by atoms with Gasteiger partial charge in [-0.15, -0.1) is 0 Å². The number of amides is 1. The van der Waals surface area contributed by atoms with E-state index in [4.69, 9.17) is 4.74 Å². The van der Waals surface area contributed by atoms with E-state index in [0.717, 1.165) is 5.56 Å². The van der Waals surface area contributed by atoms with E-state index in [9.17, 15) is 9.59 Å². The Kier molecular flexibility index (Phi) is 5.95. The number of carbonyl (C=O) groups is 1. The summed E-state index contributed by atoms with van der Waals surface area (Å²) in [7, 11) is 1.56. The van der Waals surface area contributed by atoms with Crippen molar-refractivity contribution in [3.8, 4) is 5.75 Å². The molecule has 0 N–H and O–H groups in total. The number of hydrogen-bond donors (Lipinski definition) is 0. The largest absolute Gasteiger partial charge is 0.496 e. The lowest BCUT2D eigenvalue weighted by atomic mass is 10.1. The number of anilines is 1. The maximum Gasteiger partial charge on any atom is 0.295 e. The maximum atomic E-state index is 13.5. The molecule has 2 aromatic heterocycles. The molecule has 34 heavy (non-hydrogen) atoms. The standard InChI is InChI=1S/C26H25N5O3/c1-34-22-12-6-5-10-20(22)25(32)30-16-14-29(15-17-30)24-26(33)31(18-19-8-3-2-4-9-19)23-21(28-24)11-7-13-27-23/h2-13H,14-18H2,1H3. The van der Waals surface area contributed by atoms with E-state index in [0.29, 0.717) is 61.0 Å². The third-order valence-corrected chi connectivity index (χ3v) is 6.07. The lowest BCUT2D eigenvalue weighted by Gasteiger charge is -2.35. The van der Waals surface area contributed by atoms with Crippen molar-refractivity contribution in [1.82, 2.24) is 19.4 Å². The molecule has 0 atom stereocenters. The highest BCUT2D eigenvalue weighted by Crippen LogP contribution is 2.21. The zero-order valence-corrected chi connectivity index (χ0v) is 18.9. The summed E-state index contributed by atoms with van der Waals surface area (Å²) in [6, 6.07) is 20.8. The lowest BCUT2D eigenvalue weighted by Crippen LogP contribution is -2.50. The first-order valence-electron chi connectivity index (χ1n) is 11.2. The number of nitrogens with zero attached hydrogens (tertiary/aromatic N) is 5. The van der Waals surface area contributed by atoms with Crippen molar-refractivity contribution < 1.29 is 9.53 Å². The summed E-state index contributed by atoms with van der Waals surface area (Å²) in [6.07, 6.45) is 1.67. The number of fused-ring (bicyclic) bond motifs is 1. The van der Waals surface area contributed by atoms with Crippen LogP contribution < -0.4 is 15.2 Å². The molecule has 2 aromatic carbocycles. The fourth-order valence-corrected chi connectivity index (χ4v) is 4.29. The van der Waals surface area contributed by atoms with Crippen molar-refractivity contribution in [3.63, 3.8) is 0 Å². The Bertz CT molecular complexity index is 1380. The molecule has 3 heterocycles. The van der Waals surface area contributed by atoms with E-state index in [1.165, 1.54) is 0 Å². The Morgan fingerprint density at radius 3 is 2.44 bits per heavy atom. The van der Waals surface area contributed by atoms with Crippen LogP contribution in [0.15, 0.2) is 77.7 Å². The highest BCUT2D eigenvalue weighted by molar-refractivity contribution is 5.97.